The number of nitrogens with zero attached hydrogens (tertiary/aromatic N) is 4. The lowest BCUT2D eigenvalue weighted by atomic mass is 10.1. The predicted octanol–water partition coefficient (Wildman–Crippen LogP) is 2.08. The number of benzene rings is 1. The summed E-state index contributed by atoms with van der Waals surface area (Å²) in [5.41, 5.74) is 0.301. The van der Waals surface area contributed by atoms with E-state index < -0.39 is 27.6 Å². The van der Waals surface area contributed by atoms with Crippen LogP contribution in [0.3, 0.4) is 0 Å². The lowest BCUT2D eigenvalue weighted by Gasteiger charge is -2.34. The summed E-state index contributed by atoms with van der Waals surface area (Å²) in [7, 11) is -2.02. The Labute approximate surface area is 191 Å². The summed E-state index contributed by atoms with van der Waals surface area (Å²) < 4.78 is 55.4. The van der Waals surface area contributed by atoms with Crippen molar-refractivity contribution in [1.82, 2.24) is 18.7 Å². The average Bonchev–Trinajstić information content (AvgIpc) is 3.23. The second-order valence-corrected chi connectivity index (χ2v) is 10.3. The van der Waals surface area contributed by atoms with Gasteiger partial charge >= 0.3 is 0 Å². The van der Waals surface area contributed by atoms with Crippen molar-refractivity contribution in [3.63, 3.8) is 0 Å². The topological polar surface area (TPSA) is 82.9 Å². The number of sulfonamides is 1. The fraction of sp³-hybridized carbons (Fsp3) is 0.455. The summed E-state index contributed by atoms with van der Waals surface area (Å²) in [6.07, 6.45) is 4.12. The number of carbonyl (C=O) groups is 2. The summed E-state index contributed by atoms with van der Waals surface area (Å²) in [4.78, 5) is 28.8. The number of hydrogen-bond acceptors (Lipinski definition) is 4. The summed E-state index contributed by atoms with van der Waals surface area (Å²) >= 11 is 0. The summed E-state index contributed by atoms with van der Waals surface area (Å²) in [6.45, 7) is 1.91. The molecule has 0 N–H and O–H groups in total. The maximum absolute atomic E-state index is 13.5. The third-order valence-electron chi connectivity index (χ3n) is 6.17. The van der Waals surface area contributed by atoms with E-state index in [1.165, 1.54) is 32.1 Å². The first-order valence-electron chi connectivity index (χ1n) is 10.9. The molecule has 2 aliphatic heterocycles. The Hall–Kier alpha value is -2.79. The van der Waals surface area contributed by atoms with Gasteiger partial charge in [0.1, 0.15) is 10.6 Å². The van der Waals surface area contributed by atoms with Crippen molar-refractivity contribution in [1.29, 1.82) is 0 Å². The zero-order chi connectivity index (χ0) is 23.8. The molecular weight excluding hydrogens is 454 g/mol. The maximum Gasteiger partial charge on any atom is 0.270 e. The van der Waals surface area contributed by atoms with Crippen molar-refractivity contribution in [2.24, 2.45) is 7.05 Å². The Bertz CT molecular complexity index is 1170. The Morgan fingerprint density at radius 2 is 1.42 bits per heavy atom. The monoisotopic (exact) mass is 480 g/mol. The lowest BCUT2D eigenvalue weighted by molar-refractivity contribution is 0.0530. The van der Waals surface area contributed by atoms with Crippen molar-refractivity contribution in [3.05, 3.63) is 53.4 Å². The van der Waals surface area contributed by atoms with Crippen molar-refractivity contribution in [3.8, 4) is 0 Å². The van der Waals surface area contributed by atoms with Crippen molar-refractivity contribution in [2.45, 2.75) is 24.2 Å². The fourth-order valence-corrected chi connectivity index (χ4v) is 5.82. The van der Waals surface area contributed by atoms with Gasteiger partial charge in [0, 0.05) is 58.1 Å². The molecule has 1 aromatic heterocycles. The van der Waals surface area contributed by atoms with Crippen LogP contribution in [0.15, 0.2) is 35.4 Å². The van der Waals surface area contributed by atoms with Crippen LogP contribution in [0, 0.1) is 11.6 Å². The second-order valence-electron chi connectivity index (χ2n) is 8.35. The third kappa shape index (κ3) is 4.65. The van der Waals surface area contributed by atoms with Crippen LogP contribution in [0.5, 0.6) is 0 Å². The molecule has 0 spiro atoms. The van der Waals surface area contributed by atoms with E-state index in [0.717, 1.165) is 31.4 Å². The first-order valence-corrected chi connectivity index (χ1v) is 12.3. The molecule has 0 saturated carbocycles. The molecule has 2 fully saturated rings. The molecule has 2 aliphatic rings. The highest BCUT2D eigenvalue weighted by Crippen LogP contribution is 2.23. The van der Waals surface area contributed by atoms with Gasteiger partial charge in [-0.1, -0.05) is 6.42 Å². The zero-order valence-corrected chi connectivity index (χ0v) is 19.2. The zero-order valence-electron chi connectivity index (χ0n) is 18.3. The van der Waals surface area contributed by atoms with Gasteiger partial charge in [0.15, 0.2) is 11.6 Å². The van der Waals surface area contributed by atoms with Gasteiger partial charge in [0.25, 0.3) is 11.8 Å². The quantitative estimate of drug-likeness (QED) is 0.671. The molecule has 1 aromatic carbocycles. The van der Waals surface area contributed by atoms with Gasteiger partial charge in [-0.15, -0.1) is 0 Å². The highest BCUT2D eigenvalue weighted by Gasteiger charge is 2.31. The number of amides is 2. The molecule has 11 heteroatoms. The van der Waals surface area contributed by atoms with Crippen LogP contribution >= 0.6 is 0 Å². The van der Waals surface area contributed by atoms with E-state index in [2.05, 4.69) is 0 Å². The van der Waals surface area contributed by atoms with Crippen molar-refractivity contribution < 1.29 is 26.8 Å². The highest BCUT2D eigenvalue weighted by molar-refractivity contribution is 7.89. The highest BCUT2D eigenvalue weighted by atomic mass is 32.2. The number of halogens is 2. The standard InChI is InChI=1S/C22H26F2N4O4S/c1-25-15-17(33(31,32)28-7-3-2-4-8-28)14-20(25)22(30)27-11-9-26(10-12-27)21(29)16-5-6-18(23)19(24)13-16/h5-6,13-15H,2-4,7-12H2,1H3. The minimum Gasteiger partial charge on any atom is -0.345 e. The molecule has 2 aromatic rings. The molecule has 0 aliphatic carbocycles. The Balaban J connectivity index is 1.42. The number of rotatable bonds is 4. The molecule has 4 rings (SSSR count). The second kappa shape index (κ2) is 9.22. The van der Waals surface area contributed by atoms with Gasteiger partial charge in [-0.25, -0.2) is 17.2 Å². The number of aromatic nitrogens is 1. The number of hydrogen-bond donors (Lipinski definition) is 0. The van der Waals surface area contributed by atoms with Gasteiger partial charge < -0.3 is 14.4 Å². The maximum atomic E-state index is 13.5. The molecule has 0 atom stereocenters. The van der Waals surface area contributed by atoms with Crippen LogP contribution in [0.1, 0.15) is 40.1 Å². The van der Waals surface area contributed by atoms with Gasteiger partial charge in [-0.05, 0) is 37.1 Å². The molecule has 0 radical (unpaired) electrons. The lowest BCUT2D eigenvalue weighted by Crippen LogP contribution is -2.50. The molecule has 0 unspecified atom stereocenters. The number of aryl methyl sites for hydroxylation is 1. The van der Waals surface area contributed by atoms with Crippen LogP contribution in [0.4, 0.5) is 8.78 Å². The van der Waals surface area contributed by atoms with E-state index in [9.17, 15) is 26.8 Å². The van der Waals surface area contributed by atoms with Gasteiger partial charge in [0.2, 0.25) is 10.0 Å². The van der Waals surface area contributed by atoms with Crippen LogP contribution in [-0.4, -0.2) is 78.2 Å². The average molecular weight is 481 g/mol. The van der Waals surface area contributed by atoms with E-state index in [1.54, 1.807) is 11.9 Å². The van der Waals surface area contributed by atoms with Crippen LogP contribution in [0.25, 0.3) is 0 Å². The number of carbonyl (C=O) groups excluding carboxylic acids is 2. The first kappa shape index (κ1) is 23.4. The van der Waals surface area contributed by atoms with Crippen LogP contribution < -0.4 is 0 Å². The fourth-order valence-electron chi connectivity index (χ4n) is 4.23. The van der Waals surface area contributed by atoms with E-state index in [0.29, 0.717) is 13.1 Å². The molecule has 3 heterocycles. The van der Waals surface area contributed by atoms with E-state index >= 15 is 0 Å². The molecule has 2 amide bonds. The molecule has 33 heavy (non-hydrogen) atoms. The van der Waals surface area contributed by atoms with Crippen molar-refractivity contribution >= 4 is 21.8 Å². The normalized spacial score (nSPS) is 17.9. The molecule has 2 saturated heterocycles. The minimum absolute atomic E-state index is 0.0451. The number of piperidine rings is 1. The van der Waals surface area contributed by atoms with Crippen molar-refractivity contribution in [2.75, 3.05) is 39.3 Å². The summed E-state index contributed by atoms with van der Waals surface area (Å²) in [6, 6.07) is 4.41. The van der Waals surface area contributed by atoms with E-state index in [4.69, 9.17) is 0 Å². The molecule has 8 nitrogen and oxygen atoms in total. The minimum atomic E-state index is -3.65. The smallest absolute Gasteiger partial charge is 0.270 e. The summed E-state index contributed by atoms with van der Waals surface area (Å²) in [5, 5.41) is 0. The molecular formula is C22H26F2N4O4S. The van der Waals surface area contributed by atoms with Gasteiger partial charge in [-0.3, -0.25) is 9.59 Å². The number of piperazine rings is 1. The SMILES string of the molecule is Cn1cc(S(=O)(=O)N2CCCCC2)cc1C(=O)N1CCN(C(=O)c2ccc(F)c(F)c2)CC1. The largest absolute Gasteiger partial charge is 0.345 e. The molecule has 178 valence electrons. The Morgan fingerprint density at radius 1 is 0.818 bits per heavy atom. The van der Waals surface area contributed by atoms with E-state index in [1.807, 2.05) is 0 Å². The van der Waals surface area contributed by atoms with Crippen LogP contribution in [-0.2, 0) is 17.1 Å². The predicted molar refractivity (Wildman–Crippen MR) is 116 cm³/mol. The third-order valence-corrected chi connectivity index (χ3v) is 8.04. The van der Waals surface area contributed by atoms with Gasteiger partial charge in [0.05, 0.1) is 0 Å². The van der Waals surface area contributed by atoms with E-state index in [-0.39, 0.29) is 48.2 Å². The van der Waals surface area contributed by atoms with Crippen LogP contribution in [0.2, 0.25) is 0 Å². The Kier molecular flexibility index (Phi) is 6.53. The summed E-state index contributed by atoms with van der Waals surface area (Å²) in [5.74, 6) is -2.87. The first-order chi connectivity index (χ1) is 15.7. The Morgan fingerprint density at radius 3 is 2.03 bits per heavy atom. The molecule has 0 bridgehead atoms. The van der Waals surface area contributed by atoms with Gasteiger partial charge in [-0.2, -0.15) is 4.31 Å².